The van der Waals surface area contributed by atoms with E-state index in [4.69, 9.17) is 0 Å². The van der Waals surface area contributed by atoms with E-state index in [9.17, 15) is 4.79 Å². The van der Waals surface area contributed by atoms with Crippen molar-refractivity contribution in [2.75, 3.05) is 6.54 Å². The second-order valence-corrected chi connectivity index (χ2v) is 4.66. The minimum atomic E-state index is 0.187. The highest BCUT2D eigenvalue weighted by molar-refractivity contribution is 7.14. The summed E-state index contributed by atoms with van der Waals surface area (Å²) in [7, 11) is 0. The van der Waals surface area contributed by atoms with Gasteiger partial charge in [0.1, 0.15) is 0 Å². The zero-order valence-electron chi connectivity index (χ0n) is 8.26. The van der Waals surface area contributed by atoms with E-state index in [1.54, 1.807) is 11.3 Å². The van der Waals surface area contributed by atoms with Crippen LogP contribution in [0.15, 0.2) is 12.1 Å². The summed E-state index contributed by atoms with van der Waals surface area (Å²) in [4.78, 5) is 13.6. The van der Waals surface area contributed by atoms with Gasteiger partial charge in [0.25, 0.3) is 0 Å². The molecule has 0 amide bonds. The Hall–Kier alpha value is -0.670. The molecule has 1 aromatic heterocycles. The van der Waals surface area contributed by atoms with Crippen LogP contribution in [0.5, 0.6) is 0 Å². The first-order valence-corrected chi connectivity index (χ1v) is 5.24. The van der Waals surface area contributed by atoms with E-state index >= 15 is 0 Å². The van der Waals surface area contributed by atoms with Gasteiger partial charge in [0.15, 0.2) is 5.78 Å². The first kappa shape index (κ1) is 10.4. The van der Waals surface area contributed by atoms with Gasteiger partial charge in [-0.05, 0) is 19.1 Å². The van der Waals surface area contributed by atoms with E-state index < -0.39 is 0 Å². The van der Waals surface area contributed by atoms with Crippen LogP contribution in [0.1, 0.15) is 28.4 Å². The molecule has 3 heteroatoms. The Morgan fingerprint density at radius 2 is 2.23 bits per heavy atom. The molecule has 0 saturated heterocycles. The largest absolute Gasteiger partial charge is 0.307 e. The number of ketones is 1. The van der Waals surface area contributed by atoms with Crippen molar-refractivity contribution in [2.45, 2.75) is 26.8 Å². The third-order valence-electron chi connectivity index (χ3n) is 1.69. The van der Waals surface area contributed by atoms with E-state index in [2.05, 4.69) is 5.32 Å². The fraction of sp³-hybridized carbons (Fsp3) is 0.500. The topological polar surface area (TPSA) is 29.1 Å². The maximum atomic E-state index is 11.5. The molecule has 1 rings (SSSR count). The molecule has 0 fully saturated rings. The number of hydrogen-bond donors (Lipinski definition) is 1. The molecule has 0 aliphatic rings. The molecule has 0 unspecified atom stereocenters. The summed E-state index contributed by atoms with van der Waals surface area (Å²) >= 11 is 1.56. The first-order chi connectivity index (χ1) is 6.09. The Bertz CT molecular complexity index is 291. The number of rotatable bonds is 4. The molecule has 72 valence electrons. The minimum absolute atomic E-state index is 0.187. The quantitative estimate of drug-likeness (QED) is 0.750. The van der Waals surface area contributed by atoms with Crippen molar-refractivity contribution in [3.63, 3.8) is 0 Å². The molecule has 1 heterocycles. The normalized spacial score (nSPS) is 10.8. The Labute approximate surface area is 83.0 Å². The molecule has 13 heavy (non-hydrogen) atoms. The molecule has 0 radical (unpaired) electrons. The van der Waals surface area contributed by atoms with Crippen LogP contribution in [0.2, 0.25) is 0 Å². The minimum Gasteiger partial charge on any atom is -0.307 e. The molecule has 0 bridgehead atoms. The second-order valence-electron chi connectivity index (χ2n) is 3.37. The third-order valence-corrected chi connectivity index (χ3v) is 2.73. The summed E-state index contributed by atoms with van der Waals surface area (Å²) in [5, 5.41) is 3.11. The van der Waals surface area contributed by atoms with Crippen molar-refractivity contribution < 1.29 is 4.79 Å². The molecule has 0 aromatic carbocycles. The zero-order valence-corrected chi connectivity index (χ0v) is 9.07. The van der Waals surface area contributed by atoms with Gasteiger partial charge in [-0.1, -0.05) is 13.8 Å². The van der Waals surface area contributed by atoms with Crippen LogP contribution in [0.4, 0.5) is 0 Å². The monoisotopic (exact) mass is 197 g/mol. The molecule has 0 spiro atoms. The first-order valence-electron chi connectivity index (χ1n) is 4.42. The molecule has 0 saturated carbocycles. The Kier molecular flexibility index (Phi) is 3.63. The van der Waals surface area contributed by atoms with Gasteiger partial charge in [-0.15, -0.1) is 11.3 Å². The average Bonchev–Trinajstić information content (AvgIpc) is 2.47. The maximum Gasteiger partial charge on any atom is 0.186 e. The predicted molar refractivity (Wildman–Crippen MR) is 56.5 cm³/mol. The molecular formula is C10H15NOS. The maximum absolute atomic E-state index is 11.5. The summed E-state index contributed by atoms with van der Waals surface area (Å²) < 4.78 is 0. The van der Waals surface area contributed by atoms with E-state index in [0.29, 0.717) is 12.6 Å². The standard InChI is InChI=1S/C10H15NOS/c1-7(2)11-6-9(12)10-5-4-8(3)13-10/h4-5,7,11H,6H2,1-3H3. The predicted octanol–water partition coefficient (Wildman–Crippen LogP) is 2.24. The van der Waals surface area contributed by atoms with Gasteiger partial charge in [0.2, 0.25) is 0 Å². The molecule has 1 aromatic rings. The van der Waals surface area contributed by atoms with Gasteiger partial charge in [0.05, 0.1) is 11.4 Å². The highest BCUT2D eigenvalue weighted by Gasteiger charge is 2.07. The number of Topliss-reactive ketones (excluding diaryl/α,β-unsaturated/α-hetero) is 1. The summed E-state index contributed by atoms with van der Waals surface area (Å²) in [5.74, 6) is 0.187. The van der Waals surface area contributed by atoms with E-state index in [-0.39, 0.29) is 5.78 Å². The lowest BCUT2D eigenvalue weighted by atomic mass is 10.3. The third kappa shape index (κ3) is 3.28. The van der Waals surface area contributed by atoms with Crippen molar-refractivity contribution in [3.05, 3.63) is 21.9 Å². The van der Waals surface area contributed by atoms with Crippen LogP contribution < -0.4 is 5.32 Å². The second kappa shape index (κ2) is 4.53. The Balaban J connectivity index is 2.49. The van der Waals surface area contributed by atoms with Crippen molar-refractivity contribution in [3.8, 4) is 0 Å². The van der Waals surface area contributed by atoms with Crippen LogP contribution in [0, 0.1) is 6.92 Å². The van der Waals surface area contributed by atoms with Crippen molar-refractivity contribution in [1.29, 1.82) is 0 Å². The summed E-state index contributed by atoms with van der Waals surface area (Å²) in [6.45, 7) is 6.52. The molecule has 0 aliphatic carbocycles. The van der Waals surface area contributed by atoms with Crippen LogP contribution in [-0.4, -0.2) is 18.4 Å². The van der Waals surface area contributed by atoms with Crippen LogP contribution in [-0.2, 0) is 0 Å². The zero-order chi connectivity index (χ0) is 9.84. The lowest BCUT2D eigenvalue weighted by molar-refractivity contribution is 0.0992. The number of aryl methyl sites for hydroxylation is 1. The number of nitrogens with one attached hydrogen (secondary N) is 1. The van der Waals surface area contributed by atoms with E-state index in [0.717, 1.165) is 4.88 Å². The molecule has 0 aliphatic heterocycles. The van der Waals surface area contributed by atoms with E-state index in [1.807, 2.05) is 32.9 Å². The van der Waals surface area contributed by atoms with Crippen molar-refractivity contribution in [1.82, 2.24) is 5.32 Å². The average molecular weight is 197 g/mol. The van der Waals surface area contributed by atoms with Gasteiger partial charge in [0, 0.05) is 10.9 Å². The fourth-order valence-electron chi connectivity index (χ4n) is 0.968. The van der Waals surface area contributed by atoms with Crippen molar-refractivity contribution in [2.24, 2.45) is 0 Å². The van der Waals surface area contributed by atoms with E-state index in [1.165, 1.54) is 4.88 Å². The lowest BCUT2D eigenvalue weighted by Gasteiger charge is -2.05. The Morgan fingerprint density at radius 1 is 1.54 bits per heavy atom. The number of carbonyl (C=O) groups is 1. The van der Waals surface area contributed by atoms with Gasteiger partial charge < -0.3 is 5.32 Å². The van der Waals surface area contributed by atoms with Crippen LogP contribution in [0.25, 0.3) is 0 Å². The summed E-state index contributed by atoms with van der Waals surface area (Å²) in [5.41, 5.74) is 0. The lowest BCUT2D eigenvalue weighted by Crippen LogP contribution is -2.28. The van der Waals surface area contributed by atoms with Gasteiger partial charge in [-0.25, -0.2) is 0 Å². The number of carbonyl (C=O) groups excluding carboxylic acids is 1. The summed E-state index contributed by atoms with van der Waals surface area (Å²) in [6, 6.07) is 4.24. The number of thiophene rings is 1. The van der Waals surface area contributed by atoms with Gasteiger partial charge in [-0.2, -0.15) is 0 Å². The fourth-order valence-corrected chi connectivity index (χ4v) is 1.77. The number of hydrogen-bond acceptors (Lipinski definition) is 3. The smallest absolute Gasteiger partial charge is 0.186 e. The summed E-state index contributed by atoms with van der Waals surface area (Å²) in [6.07, 6.45) is 0. The Morgan fingerprint density at radius 3 is 2.69 bits per heavy atom. The molecular weight excluding hydrogens is 182 g/mol. The van der Waals surface area contributed by atoms with Gasteiger partial charge >= 0.3 is 0 Å². The van der Waals surface area contributed by atoms with Crippen LogP contribution in [0.3, 0.4) is 0 Å². The van der Waals surface area contributed by atoms with Gasteiger partial charge in [-0.3, -0.25) is 4.79 Å². The SMILES string of the molecule is Cc1ccc(C(=O)CNC(C)C)s1. The highest BCUT2D eigenvalue weighted by Crippen LogP contribution is 2.15. The van der Waals surface area contributed by atoms with Crippen LogP contribution >= 0.6 is 11.3 Å². The molecule has 1 N–H and O–H groups in total. The molecule has 2 nitrogen and oxygen atoms in total. The highest BCUT2D eigenvalue weighted by atomic mass is 32.1. The molecule has 0 atom stereocenters. The van der Waals surface area contributed by atoms with Crippen molar-refractivity contribution >= 4 is 17.1 Å².